The van der Waals surface area contributed by atoms with E-state index in [1.54, 1.807) is 11.9 Å². The van der Waals surface area contributed by atoms with E-state index in [-0.39, 0.29) is 35.5 Å². The molecular weight excluding hydrogens is 443 g/mol. The summed E-state index contributed by atoms with van der Waals surface area (Å²) in [4.78, 5) is 20.2. The Bertz CT molecular complexity index is 584. The highest BCUT2D eigenvalue weighted by molar-refractivity contribution is 14.0. The first kappa shape index (κ1) is 22.5. The lowest BCUT2D eigenvalue weighted by molar-refractivity contribution is 0.0914. The van der Waals surface area contributed by atoms with Crippen LogP contribution in [0.3, 0.4) is 0 Å². The van der Waals surface area contributed by atoms with Crippen molar-refractivity contribution in [1.29, 1.82) is 0 Å². The first-order valence-electron chi connectivity index (χ1n) is 8.90. The van der Waals surface area contributed by atoms with E-state index in [2.05, 4.69) is 53.3 Å². The van der Waals surface area contributed by atoms with Crippen molar-refractivity contribution in [2.24, 2.45) is 4.99 Å². The first-order chi connectivity index (χ1) is 12.0. The van der Waals surface area contributed by atoms with Crippen molar-refractivity contribution in [2.45, 2.75) is 26.2 Å². The average molecular weight is 474 g/mol. The fraction of sp³-hybridized carbons (Fsp3) is 0.579. The molecule has 1 aliphatic rings. The lowest BCUT2D eigenvalue weighted by atomic mass is 9.85. The van der Waals surface area contributed by atoms with Gasteiger partial charge in [-0.25, -0.2) is 4.79 Å². The van der Waals surface area contributed by atoms with Gasteiger partial charge in [0.1, 0.15) is 0 Å². The molecule has 1 aromatic carbocycles. The third kappa shape index (κ3) is 6.03. The number of hydrogen-bond donors (Lipinski definition) is 1. The van der Waals surface area contributed by atoms with Crippen molar-refractivity contribution in [1.82, 2.24) is 15.1 Å². The fourth-order valence-corrected chi connectivity index (χ4v) is 2.94. The van der Waals surface area contributed by atoms with Crippen LogP contribution in [0.15, 0.2) is 35.3 Å². The van der Waals surface area contributed by atoms with E-state index >= 15 is 0 Å². The molecule has 0 saturated carbocycles. The molecule has 7 heteroatoms. The van der Waals surface area contributed by atoms with Crippen LogP contribution in [0.1, 0.15) is 26.3 Å². The van der Waals surface area contributed by atoms with Gasteiger partial charge < -0.3 is 19.9 Å². The molecule has 1 fully saturated rings. The van der Waals surface area contributed by atoms with Crippen molar-refractivity contribution < 1.29 is 9.53 Å². The predicted molar refractivity (Wildman–Crippen MR) is 116 cm³/mol. The van der Waals surface area contributed by atoms with Gasteiger partial charge >= 0.3 is 6.09 Å². The molecule has 1 amide bonds. The minimum absolute atomic E-state index is 0. The van der Waals surface area contributed by atoms with Crippen LogP contribution in [0, 0.1) is 0 Å². The molecule has 0 aromatic heterocycles. The standard InChI is InChI=1S/C19H30N4O2.HI/c1-5-25-18(24)23-13-11-22(12-14-23)17(20-4)21-15-19(2,3)16-9-7-6-8-10-16;/h6-10H,5,11-15H2,1-4H3,(H,20,21);1H. The maximum absolute atomic E-state index is 11.8. The quantitative estimate of drug-likeness (QED) is 0.414. The highest BCUT2D eigenvalue weighted by atomic mass is 127. The van der Waals surface area contributed by atoms with Crippen LogP contribution >= 0.6 is 24.0 Å². The van der Waals surface area contributed by atoms with E-state index in [9.17, 15) is 4.79 Å². The molecule has 1 saturated heterocycles. The van der Waals surface area contributed by atoms with Gasteiger partial charge in [-0.05, 0) is 12.5 Å². The minimum Gasteiger partial charge on any atom is -0.450 e. The van der Waals surface area contributed by atoms with E-state index in [1.807, 2.05) is 13.0 Å². The van der Waals surface area contributed by atoms with Gasteiger partial charge in [0.15, 0.2) is 5.96 Å². The van der Waals surface area contributed by atoms with E-state index in [1.165, 1.54) is 5.56 Å². The van der Waals surface area contributed by atoms with Gasteiger partial charge in [0.25, 0.3) is 0 Å². The third-order valence-corrected chi connectivity index (χ3v) is 4.56. The topological polar surface area (TPSA) is 57.2 Å². The number of ether oxygens (including phenoxy) is 1. The molecule has 26 heavy (non-hydrogen) atoms. The van der Waals surface area contributed by atoms with E-state index in [4.69, 9.17) is 4.74 Å². The number of nitrogens with one attached hydrogen (secondary N) is 1. The molecule has 1 aliphatic heterocycles. The molecule has 0 unspecified atom stereocenters. The Hall–Kier alpha value is -1.51. The first-order valence-corrected chi connectivity index (χ1v) is 8.90. The summed E-state index contributed by atoms with van der Waals surface area (Å²) in [5.74, 6) is 0.882. The van der Waals surface area contributed by atoms with Crippen LogP contribution < -0.4 is 5.32 Å². The Morgan fingerprint density at radius 1 is 1.15 bits per heavy atom. The highest BCUT2D eigenvalue weighted by Crippen LogP contribution is 2.21. The monoisotopic (exact) mass is 474 g/mol. The van der Waals surface area contributed by atoms with Gasteiger partial charge in [-0.1, -0.05) is 44.2 Å². The predicted octanol–water partition coefficient (Wildman–Crippen LogP) is 2.93. The van der Waals surface area contributed by atoms with Gasteiger partial charge in [0, 0.05) is 45.2 Å². The molecule has 1 N–H and O–H groups in total. The van der Waals surface area contributed by atoms with Crippen molar-refractivity contribution in [3.8, 4) is 0 Å². The number of piperazine rings is 1. The zero-order valence-corrected chi connectivity index (χ0v) is 18.5. The number of carbonyl (C=O) groups excluding carboxylic acids is 1. The molecule has 0 atom stereocenters. The normalized spacial score (nSPS) is 15.3. The van der Waals surface area contributed by atoms with Crippen molar-refractivity contribution in [2.75, 3.05) is 46.4 Å². The summed E-state index contributed by atoms with van der Waals surface area (Å²) >= 11 is 0. The Balaban J connectivity index is 0.00000338. The summed E-state index contributed by atoms with van der Waals surface area (Å²) in [7, 11) is 1.80. The lowest BCUT2D eigenvalue weighted by Gasteiger charge is -2.37. The summed E-state index contributed by atoms with van der Waals surface area (Å²) in [6, 6.07) is 10.5. The molecular formula is C19H31IN4O2. The lowest BCUT2D eigenvalue weighted by Crippen LogP contribution is -2.55. The van der Waals surface area contributed by atoms with Crippen LogP contribution in [0.25, 0.3) is 0 Å². The molecule has 2 rings (SSSR count). The summed E-state index contributed by atoms with van der Waals surface area (Å²) in [5.41, 5.74) is 1.30. The third-order valence-electron chi connectivity index (χ3n) is 4.56. The van der Waals surface area contributed by atoms with Crippen LogP contribution in [0.2, 0.25) is 0 Å². The smallest absolute Gasteiger partial charge is 0.409 e. The van der Waals surface area contributed by atoms with E-state index in [0.717, 1.165) is 25.6 Å². The van der Waals surface area contributed by atoms with Gasteiger partial charge in [-0.3, -0.25) is 4.99 Å². The number of benzene rings is 1. The number of aliphatic imine (C=N–C) groups is 1. The molecule has 0 spiro atoms. The van der Waals surface area contributed by atoms with E-state index < -0.39 is 0 Å². The molecule has 0 aliphatic carbocycles. The molecule has 146 valence electrons. The second kappa shape index (κ2) is 10.6. The molecule has 6 nitrogen and oxygen atoms in total. The number of amides is 1. The maximum Gasteiger partial charge on any atom is 0.409 e. The highest BCUT2D eigenvalue weighted by Gasteiger charge is 2.25. The Morgan fingerprint density at radius 2 is 1.73 bits per heavy atom. The molecule has 1 aromatic rings. The number of halogens is 1. The summed E-state index contributed by atoms with van der Waals surface area (Å²) in [6.45, 7) is 10.3. The molecule has 0 radical (unpaired) electrons. The van der Waals surface area contributed by atoms with Crippen LogP contribution in [-0.2, 0) is 10.2 Å². The Labute approximate surface area is 174 Å². The Morgan fingerprint density at radius 3 is 2.27 bits per heavy atom. The average Bonchev–Trinajstić information content (AvgIpc) is 2.63. The maximum atomic E-state index is 11.8. The van der Waals surface area contributed by atoms with Crippen LogP contribution in [0.4, 0.5) is 4.79 Å². The second-order valence-corrected chi connectivity index (χ2v) is 6.82. The minimum atomic E-state index is -0.227. The van der Waals surface area contributed by atoms with Crippen molar-refractivity contribution >= 4 is 36.0 Å². The van der Waals surface area contributed by atoms with Gasteiger partial charge in [-0.15, -0.1) is 24.0 Å². The Kier molecular flexibility index (Phi) is 9.18. The SMILES string of the molecule is CCOC(=O)N1CCN(C(=NC)NCC(C)(C)c2ccccc2)CC1.I. The summed E-state index contributed by atoms with van der Waals surface area (Å²) < 4.78 is 5.07. The van der Waals surface area contributed by atoms with Crippen LogP contribution in [-0.4, -0.2) is 68.2 Å². The van der Waals surface area contributed by atoms with Gasteiger partial charge in [0.05, 0.1) is 6.61 Å². The van der Waals surface area contributed by atoms with Gasteiger partial charge in [0.2, 0.25) is 0 Å². The number of rotatable bonds is 4. The largest absolute Gasteiger partial charge is 0.450 e. The zero-order chi connectivity index (χ0) is 18.3. The number of nitrogens with zero attached hydrogens (tertiary/aromatic N) is 3. The van der Waals surface area contributed by atoms with Crippen LogP contribution in [0.5, 0.6) is 0 Å². The number of carbonyl (C=O) groups is 1. The summed E-state index contributed by atoms with van der Waals surface area (Å²) in [6.07, 6.45) is -0.227. The zero-order valence-electron chi connectivity index (χ0n) is 16.2. The number of hydrogen-bond acceptors (Lipinski definition) is 3. The fourth-order valence-electron chi connectivity index (χ4n) is 2.94. The summed E-state index contributed by atoms with van der Waals surface area (Å²) in [5, 5.41) is 3.49. The van der Waals surface area contributed by atoms with E-state index in [0.29, 0.717) is 19.7 Å². The second-order valence-electron chi connectivity index (χ2n) is 6.82. The van der Waals surface area contributed by atoms with Crippen molar-refractivity contribution in [3.63, 3.8) is 0 Å². The number of guanidine groups is 1. The van der Waals surface area contributed by atoms with Gasteiger partial charge in [-0.2, -0.15) is 0 Å². The molecule has 0 bridgehead atoms. The molecule has 1 heterocycles. The van der Waals surface area contributed by atoms with Crippen molar-refractivity contribution in [3.05, 3.63) is 35.9 Å².